The van der Waals surface area contributed by atoms with E-state index in [4.69, 9.17) is 0 Å². The molecule has 0 radical (unpaired) electrons. The van der Waals surface area contributed by atoms with Gasteiger partial charge in [0.05, 0.1) is 6.20 Å². The second kappa shape index (κ2) is 6.81. The van der Waals surface area contributed by atoms with E-state index in [1.807, 2.05) is 24.3 Å². The highest BCUT2D eigenvalue weighted by molar-refractivity contribution is 5.39. The molecular formula is C19H16N6O. The van der Waals surface area contributed by atoms with Crippen molar-refractivity contribution in [2.24, 2.45) is 0 Å². The third-order valence-electron chi connectivity index (χ3n) is 4.30. The maximum Gasteiger partial charge on any atom is 0.144 e. The molecule has 1 N–H and O–H groups in total. The van der Waals surface area contributed by atoms with E-state index < -0.39 is 11.6 Å². The lowest BCUT2D eigenvalue weighted by Crippen LogP contribution is -2.39. The minimum absolute atomic E-state index is 0.605. The summed E-state index contributed by atoms with van der Waals surface area (Å²) >= 11 is 0. The summed E-state index contributed by atoms with van der Waals surface area (Å²) in [4.78, 5) is 12.6. The summed E-state index contributed by atoms with van der Waals surface area (Å²) in [5, 5.41) is 20.1. The Hall–Kier alpha value is -3.45. The van der Waals surface area contributed by atoms with Crippen LogP contribution in [0.15, 0.2) is 86.0 Å². The summed E-state index contributed by atoms with van der Waals surface area (Å²) < 4.78 is 1.62. The predicted molar refractivity (Wildman–Crippen MR) is 93.9 cm³/mol. The molecule has 0 aliphatic heterocycles. The normalized spacial score (nSPS) is 12.7. The second-order valence-electron chi connectivity index (χ2n) is 5.82. The highest BCUT2D eigenvalue weighted by Gasteiger charge is 2.43. The van der Waals surface area contributed by atoms with Gasteiger partial charge in [-0.1, -0.05) is 23.4 Å². The fourth-order valence-corrected chi connectivity index (χ4v) is 3.14. The number of nitrogens with zero attached hydrogens (tertiary/aromatic N) is 6. The van der Waals surface area contributed by atoms with Gasteiger partial charge in [-0.15, -0.1) is 5.10 Å². The standard InChI is InChI=1S/C19H16N6O/c26-19(16-5-2-8-21-13-16,17-6-3-9-22-14-17)18(25-11-10-23-24-25)15-4-1-7-20-12-15/h1-14,18,26H. The third kappa shape index (κ3) is 2.74. The van der Waals surface area contributed by atoms with Crippen LogP contribution in [0.25, 0.3) is 0 Å². The van der Waals surface area contributed by atoms with Gasteiger partial charge in [0.2, 0.25) is 0 Å². The lowest BCUT2D eigenvalue weighted by atomic mass is 9.79. The molecule has 0 saturated carbocycles. The van der Waals surface area contributed by atoms with Crippen molar-refractivity contribution in [1.29, 1.82) is 0 Å². The van der Waals surface area contributed by atoms with Gasteiger partial charge in [0, 0.05) is 54.5 Å². The Balaban J connectivity index is 2.00. The predicted octanol–water partition coefficient (Wildman–Crippen LogP) is 1.99. The number of pyridine rings is 3. The largest absolute Gasteiger partial charge is 0.378 e. The van der Waals surface area contributed by atoms with Crippen LogP contribution >= 0.6 is 0 Å². The lowest BCUT2D eigenvalue weighted by Gasteiger charge is -2.36. The van der Waals surface area contributed by atoms with E-state index in [0.29, 0.717) is 11.1 Å². The number of hydrogen-bond donors (Lipinski definition) is 1. The molecule has 0 fully saturated rings. The summed E-state index contributed by atoms with van der Waals surface area (Å²) in [6.45, 7) is 0. The Morgan fingerprint density at radius 2 is 1.42 bits per heavy atom. The minimum atomic E-state index is -1.47. The monoisotopic (exact) mass is 344 g/mol. The first-order valence-corrected chi connectivity index (χ1v) is 8.09. The van der Waals surface area contributed by atoms with Gasteiger partial charge in [0.15, 0.2) is 0 Å². The van der Waals surface area contributed by atoms with Crippen LogP contribution in [0.2, 0.25) is 0 Å². The molecule has 7 nitrogen and oxygen atoms in total. The molecule has 0 bridgehead atoms. The number of rotatable bonds is 5. The summed E-state index contributed by atoms with van der Waals surface area (Å²) in [5.41, 5.74) is 0.558. The fourth-order valence-electron chi connectivity index (χ4n) is 3.14. The van der Waals surface area contributed by atoms with Gasteiger partial charge in [0.25, 0.3) is 0 Å². The molecule has 4 aromatic rings. The van der Waals surface area contributed by atoms with Crippen LogP contribution in [0, 0.1) is 0 Å². The average Bonchev–Trinajstić information content (AvgIpc) is 3.24. The molecule has 0 saturated heterocycles. The van der Waals surface area contributed by atoms with Crippen LogP contribution in [0.1, 0.15) is 22.7 Å². The van der Waals surface area contributed by atoms with Crippen LogP contribution in [0.4, 0.5) is 0 Å². The summed E-state index contributed by atoms with van der Waals surface area (Å²) in [5.74, 6) is 0. The molecule has 0 aromatic carbocycles. The molecule has 4 heterocycles. The van der Waals surface area contributed by atoms with Gasteiger partial charge >= 0.3 is 0 Å². The molecular weight excluding hydrogens is 328 g/mol. The maximum absolute atomic E-state index is 12.0. The molecule has 7 heteroatoms. The first-order chi connectivity index (χ1) is 12.8. The van der Waals surface area contributed by atoms with E-state index in [0.717, 1.165) is 5.56 Å². The molecule has 0 spiro atoms. The zero-order chi connectivity index (χ0) is 17.8. The molecule has 1 unspecified atom stereocenters. The summed E-state index contributed by atoms with van der Waals surface area (Å²) in [6, 6.07) is 10.4. The van der Waals surface area contributed by atoms with Crippen LogP contribution in [0.5, 0.6) is 0 Å². The van der Waals surface area contributed by atoms with Crippen molar-refractivity contribution >= 4 is 0 Å². The Morgan fingerprint density at radius 3 is 1.88 bits per heavy atom. The fraction of sp³-hybridized carbons (Fsp3) is 0.105. The van der Waals surface area contributed by atoms with E-state index in [1.165, 1.54) is 0 Å². The van der Waals surface area contributed by atoms with Crippen molar-refractivity contribution in [2.75, 3.05) is 0 Å². The highest BCUT2D eigenvalue weighted by atomic mass is 16.3. The molecule has 1 atom stereocenters. The van der Waals surface area contributed by atoms with E-state index in [9.17, 15) is 5.11 Å². The SMILES string of the molecule is OC(c1cccnc1)(c1cccnc1)C(c1cccnc1)n1ccnn1. The van der Waals surface area contributed by atoms with Crippen LogP contribution < -0.4 is 0 Å². The van der Waals surface area contributed by atoms with E-state index in [1.54, 1.807) is 66.4 Å². The van der Waals surface area contributed by atoms with Gasteiger partial charge in [-0.25, -0.2) is 4.68 Å². The van der Waals surface area contributed by atoms with Gasteiger partial charge in [-0.05, 0) is 23.8 Å². The number of hydrogen-bond acceptors (Lipinski definition) is 6. The van der Waals surface area contributed by atoms with Gasteiger partial charge in [0.1, 0.15) is 11.6 Å². The third-order valence-corrected chi connectivity index (χ3v) is 4.30. The van der Waals surface area contributed by atoms with Crippen molar-refractivity contribution in [1.82, 2.24) is 29.9 Å². The second-order valence-corrected chi connectivity index (χ2v) is 5.82. The highest BCUT2D eigenvalue weighted by Crippen LogP contribution is 2.42. The molecule has 0 aliphatic carbocycles. The van der Waals surface area contributed by atoms with Crippen molar-refractivity contribution in [3.05, 3.63) is 103 Å². The van der Waals surface area contributed by atoms with Crippen molar-refractivity contribution < 1.29 is 5.11 Å². The quantitative estimate of drug-likeness (QED) is 0.595. The van der Waals surface area contributed by atoms with E-state index >= 15 is 0 Å². The number of aliphatic hydroxyl groups is 1. The summed E-state index contributed by atoms with van der Waals surface area (Å²) in [7, 11) is 0. The molecule has 4 rings (SSSR count). The Kier molecular flexibility index (Phi) is 4.20. The summed E-state index contributed by atoms with van der Waals surface area (Å²) in [6.07, 6.45) is 13.3. The lowest BCUT2D eigenvalue weighted by molar-refractivity contribution is 0.0322. The Labute approximate surface area is 150 Å². The van der Waals surface area contributed by atoms with E-state index in [-0.39, 0.29) is 0 Å². The van der Waals surface area contributed by atoms with Gasteiger partial charge in [-0.3, -0.25) is 15.0 Å². The zero-order valence-electron chi connectivity index (χ0n) is 13.8. The smallest absolute Gasteiger partial charge is 0.144 e. The molecule has 4 aromatic heterocycles. The molecule has 26 heavy (non-hydrogen) atoms. The minimum Gasteiger partial charge on any atom is -0.378 e. The first-order valence-electron chi connectivity index (χ1n) is 8.09. The topological polar surface area (TPSA) is 89.6 Å². The van der Waals surface area contributed by atoms with Gasteiger partial charge in [-0.2, -0.15) is 0 Å². The van der Waals surface area contributed by atoms with Crippen molar-refractivity contribution in [3.63, 3.8) is 0 Å². The molecule has 0 aliphatic rings. The molecule has 128 valence electrons. The average molecular weight is 344 g/mol. The molecule has 0 amide bonds. The van der Waals surface area contributed by atoms with E-state index in [2.05, 4.69) is 25.3 Å². The maximum atomic E-state index is 12.0. The van der Waals surface area contributed by atoms with Gasteiger partial charge < -0.3 is 5.11 Å². The van der Waals surface area contributed by atoms with Crippen molar-refractivity contribution in [2.45, 2.75) is 11.6 Å². The Morgan fingerprint density at radius 1 is 0.808 bits per heavy atom. The number of aromatic nitrogens is 6. The van der Waals surface area contributed by atoms with Crippen LogP contribution in [-0.4, -0.2) is 35.1 Å². The van der Waals surface area contributed by atoms with Crippen LogP contribution in [0.3, 0.4) is 0 Å². The zero-order valence-corrected chi connectivity index (χ0v) is 13.8. The Bertz CT molecular complexity index is 906. The van der Waals surface area contributed by atoms with Crippen LogP contribution in [-0.2, 0) is 5.60 Å². The van der Waals surface area contributed by atoms with Crippen molar-refractivity contribution in [3.8, 4) is 0 Å². The first kappa shape index (κ1) is 16.0.